The molecule has 0 aliphatic carbocycles. The Balaban J connectivity index is 0.00000361. The van der Waals surface area contributed by atoms with Crippen LogP contribution in [-0.2, 0) is 9.59 Å². The van der Waals surface area contributed by atoms with Crippen molar-refractivity contribution in [3.63, 3.8) is 0 Å². The van der Waals surface area contributed by atoms with Crippen LogP contribution < -0.4 is 20.7 Å². The molecule has 6 nitrogen and oxygen atoms in total. The summed E-state index contributed by atoms with van der Waals surface area (Å²) in [4.78, 5) is 22.6. The summed E-state index contributed by atoms with van der Waals surface area (Å²) in [6.45, 7) is 2.04. The summed E-state index contributed by atoms with van der Waals surface area (Å²) in [5.74, 6) is 0.245. The van der Waals surface area contributed by atoms with E-state index in [0.717, 1.165) is 0 Å². The molecule has 0 bridgehead atoms. The number of hydrogen-bond acceptors (Lipinski definition) is 4. The molecule has 0 fully saturated rings. The van der Waals surface area contributed by atoms with Crippen LogP contribution in [0.3, 0.4) is 0 Å². The van der Waals surface area contributed by atoms with Gasteiger partial charge in [0.1, 0.15) is 5.75 Å². The van der Waals surface area contributed by atoms with Crippen molar-refractivity contribution >= 4 is 35.6 Å². The lowest BCUT2D eigenvalue weighted by Gasteiger charge is -2.11. The summed E-state index contributed by atoms with van der Waals surface area (Å²) in [6.07, 6.45) is 0.395. The van der Waals surface area contributed by atoms with Crippen LogP contribution in [0.2, 0.25) is 0 Å². The van der Waals surface area contributed by atoms with Gasteiger partial charge in [0.05, 0.1) is 12.8 Å². The highest BCUT2D eigenvalue weighted by Gasteiger charge is 2.07. The predicted molar refractivity (Wildman–Crippen MR) is 81.7 cm³/mol. The summed E-state index contributed by atoms with van der Waals surface area (Å²) < 4.78 is 5.17. The summed E-state index contributed by atoms with van der Waals surface area (Å²) in [5, 5.41) is 8.32. The number of benzene rings is 1. The van der Waals surface area contributed by atoms with Crippen molar-refractivity contribution in [2.45, 2.75) is 13.3 Å². The Morgan fingerprint density at radius 2 is 1.95 bits per heavy atom. The molecule has 0 aromatic heterocycles. The molecule has 0 spiro atoms. The Morgan fingerprint density at radius 1 is 1.25 bits per heavy atom. The second-order valence-corrected chi connectivity index (χ2v) is 4.00. The SMILES string of the molecule is CNCCC(=O)Nc1ccc(NC(C)=O)c(OC)c1.Cl. The number of rotatable bonds is 6. The van der Waals surface area contributed by atoms with Crippen LogP contribution in [0, 0.1) is 0 Å². The molecule has 0 atom stereocenters. The highest BCUT2D eigenvalue weighted by atomic mass is 35.5. The van der Waals surface area contributed by atoms with Crippen molar-refractivity contribution < 1.29 is 14.3 Å². The third-order valence-corrected chi connectivity index (χ3v) is 2.40. The molecule has 0 aliphatic rings. The van der Waals surface area contributed by atoms with Gasteiger partial charge in [0.2, 0.25) is 11.8 Å². The summed E-state index contributed by atoms with van der Waals surface area (Å²) in [7, 11) is 3.30. The fourth-order valence-electron chi connectivity index (χ4n) is 1.52. The number of hydrogen-bond donors (Lipinski definition) is 3. The molecule has 7 heteroatoms. The lowest BCUT2D eigenvalue weighted by molar-refractivity contribution is -0.116. The van der Waals surface area contributed by atoms with Crippen LogP contribution in [0.4, 0.5) is 11.4 Å². The van der Waals surface area contributed by atoms with Crippen molar-refractivity contribution in [1.29, 1.82) is 0 Å². The van der Waals surface area contributed by atoms with E-state index in [9.17, 15) is 9.59 Å². The molecule has 0 unspecified atom stereocenters. The smallest absolute Gasteiger partial charge is 0.225 e. The monoisotopic (exact) mass is 301 g/mol. The number of carbonyl (C=O) groups excluding carboxylic acids is 2. The van der Waals surface area contributed by atoms with E-state index < -0.39 is 0 Å². The zero-order chi connectivity index (χ0) is 14.3. The molecule has 0 saturated heterocycles. The number of nitrogens with one attached hydrogen (secondary N) is 3. The molecule has 1 aromatic rings. The van der Waals surface area contributed by atoms with Gasteiger partial charge in [-0.3, -0.25) is 9.59 Å². The number of anilines is 2. The van der Waals surface area contributed by atoms with E-state index in [4.69, 9.17) is 4.74 Å². The van der Waals surface area contributed by atoms with Crippen molar-refractivity contribution in [1.82, 2.24) is 5.32 Å². The first-order valence-corrected chi connectivity index (χ1v) is 5.97. The van der Waals surface area contributed by atoms with Gasteiger partial charge >= 0.3 is 0 Å². The predicted octanol–water partition coefficient (Wildman–Crippen LogP) is 1.62. The standard InChI is InChI=1S/C13H19N3O3.ClH/c1-9(17)15-11-5-4-10(8-12(11)19-3)16-13(18)6-7-14-2;/h4-5,8,14H,6-7H2,1-3H3,(H,15,17)(H,16,18);1H. The molecule has 20 heavy (non-hydrogen) atoms. The Labute approximate surface area is 124 Å². The van der Waals surface area contributed by atoms with E-state index in [2.05, 4.69) is 16.0 Å². The topological polar surface area (TPSA) is 79.5 Å². The minimum atomic E-state index is -0.177. The Bertz CT molecular complexity index is 466. The summed E-state index contributed by atoms with van der Waals surface area (Å²) >= 11 is 0. The van der Waals surface area contributed by atoms with E-state index in [1.165, 1.54) is 14.0 Å². The van der Waals surface area contributed by atoms with Crippen molar-refractivity contribution in [3.05, 3.63) is 18.2 Å². The highest BCUT2D eigenvalue weighted by molar-refractivity contribution is 5.93. The van der Waals surface area contributed by atoms with Crippen molar-refractivity contribution in [3.8, 4) is 5.75 Å². The number of amides is 2. The minimum absolute atomic E-state index is 0. The molecule has 1 aromatic carbocycles. The Hall–Kier alpha value is -1.79. The van der Waals surface area contributed by atoms with Crippen LogP contribution in [-0.4, -0.2) is 32.5 Å². The number of carbonyl (C=O) groups is 2. The molecule has 0 heterocycles. The van der Waals surface area contributed by atoms with Crippen LogP contribution in [0.15, 0.2) is 18.2 Å². The zero-order valence-electron chi connectivity index (χ0n) is 11.8. The number of halogens is 1. The first kappa shape index (κ1) is 18.2. The average molecular weight is 302 g/mol. The van der Waals surface area contributed by atoms with E-state index in [-0.39, 0.29) is 24.2 Å². The fraction of sp³-hybridized carbons (Fsp3) is 0.385. The lowest BCUT2D eigenvalue weighted by Crippen LogP contribution is -2.18. The van der Waals surface area contributed by atoms with E-state index >= 15 is 0 Å². The molecule has 0 saturated carbocycles. The van der Waals surface area contributed by atoms with Crippen molar-refractivity contribution in [2.24, 2.45) is 0 Å². The van der Waals surface area contributed by atoms with Gasteiger partial charge < -0.3 is 20.7 Å². The molecular formula is C13H20ClN3O3. The van der Waals surface area contributed by atoms with Gasteiger partial charge in [0.15, 0.2) is 0 Å². The maximum atomic E-state index is 11.6. The van der Waals surface area contributed by atoms with Crippen LogP contribution in [0.25, 0.3) is 0 Å². The fourth-order valence-corrected chi connectivity index (χ4v) is 1.52. The second-order valence-electron chi connectivity index (χ2n) is 4.00. The molecule has 3 N–H and O–H groups in total. The molecule has 1 rings (SSSR count). The van der Waals surface area contributed by atoms with Crippen LogP contribution in [0.1, 0.15) is 13.3 Å². The molecule has 0 aliphatic heterocycles. The Morgan fingerprint density at radius 3 is 2.50 bits per heavy atom. The van der Waals surface area contributed by atoms with Gasteiger partial charge in [-0.2, -0.15) is 0 Å². The van der Waals surface area contributed by atoms with Gasteiger partial charge in [-0.25, -0.2) is 0 Å². The van der Waals surface area contributed by atoms with Gasteiger partial charge in [-0.1, -0.05) is 0 Å². The second kappa shape index (κ2) is 9.17. The van der Waals surface area contributed by atoms with Crippen molar-refractivity contribution in [2.75, 3.05) is 31.3 Å². The number of ether oxygens (including phenoxy) is 1. The van der Waals surface area contributed by atoms with Crippen LogP contribution >= 0.6 is 12.4 Å². The minimum Gasteiger partial charge on any atom is -0.494 e. The van der Waals surface area contributed by atoms with Gasteiger partial charge in [-0.05, 0) is 19.2 Å². The third-order valence-electron chi connectivity index (χ3n) is 2.40. The highest BCUT2D eigenvalue weighted by Crippen LogP contribution is 2.27. The normalized spacial score (nSPS) is 9.35. The largest absolute Gasteiger partial charge is 0.494 e. The average Bonchev–Trinajstić information content (AvgIpc) is 2.37. The first-order chi connectivity index (χ1) is 9.06. The van der Waals surface area contributed by atoms with E-state index in [0.29, 0.717) is 30.1 Å². The quantitative estimate of drug-likeness (QED) is 0.746. The zero-order valence-corrected chi connectivity index (χ0v) is 12.6. The first-order valence-electron chi connectivity index (χ1n) is 5.97. The molecule has 112 valence electrons. The van der Waals surface area contributed by atoms with Gasteiger partial charge in [-0.15, -0.1) is 12.4 Å². The number of methoxy groups -OCH3 is 1. The Kier molecular flexibility index (Phi) is 8.35. The van der Waals surface area contributed by atoms with E-state index in [1.54, 1.807) is 25.2 Å². The lowest BCUT2D eigenvalue weighted by atomic mass is 10.2. The maximum Gasteiger partial charge on any atom is 0.225 e. The summed E-state index contributed by atoms with van der Waals surface area (Å²) in [6, 6.07) is 5.07. The molecule has 0 radical (unpaired) electrons. The van der Waals surface area contributed by atoms with Gasteiger partial charge in [0.25, 0.3) is 0 Å². The summed E-state index contributed by atoms with van der Waals surface area (Å²) in [5.41, 5.74) is 1.20. The maximum absolute atomic E-state index is 11.6. The van der Waals surface area contributed by atoms with E-state index in [1.807, 2.05) is 0 Å². The van der Waals surface area contributed by atoms with Crippen LogP contribution in [0.5, 0.6) is 5.75 Å². The molecule has 2 amide bonds. The third kappa shape index (κ3) is 5.90. The van der Waals surface area contributed by atoms with Gasteiger partial charge in [0, 0.05) is 31.6 Å². The molecular weight excluding hydrogens is 282 g/mol.